The fourth-order valence-electron chi connectivity index (χ4n) is 3.24. The summed E-state index contributed by atoms with van der Waals surface area (Å²) < 4.78 is 5.47. The van der Waals surface area contributed by atoms with Crippen LogP contribution in [-0.2, 0) is 4.74 Å². The molecular weight excluding hydrogens is 306 g/mol. The van der Waals surface area contributed by atoms with Gasteiger partial charge in [-0.2, -0.15) is 0 Å². The number of nitrogens with zero attached hydrogens (tertiary/aromatic N) is 1. The predicted octanol–water partition coefficient (Wildman–Crippen LogP) is 2.82. The van der Waals surface area contributed by atoms with Crippen LogP contribution in [0.15, 0.2) is 24.3 Å². The van der Waals surface area contributed by atoms with Gasteiger partial charge in [-0.05, 0) is 45.7 Å². The van der Waals surface area contributed by atoms with Gasteiger partial charge in [0, 0.05) is 24.7 Å². The van der Waals surface area contributed by atoms with Crippen LogP contribution in [0, 0.1) is 5.92 Å². The zero-order valence-electron chi connectivity index (χ0n) is 14.5. The summed E-state index contributed by atoms with van der Waals surface area (Å²) >= 11 is 0. The first kappa shape index (κ1) is 16.6. The number of nitrogens with one attached hydrogen (secondary N) is 2. The summed E-state index contributed by atoms with van der Waals surface area (Å²) in [6.07, 6.45) is 1.41. The van der Waals surface area contributed by atoms with Crippen LogP contribution in [-0.4, -0.2) is 41.8 Å². The van der Waals surface area contributed by atoms with Crippen LogP contribution >= 0.6 is 0 Å². The molecule has 0 bridgehead atoms. The van der Waals surface area contributed by atoms with Crippen LogP contribution in [0.5, 0.6) is 0 Å². The molecule has 0 spiro atoms. The highest BCUT2D eigenvalue weighted by atomic mass is 16.6. The van der Waals surface area contributed by atoms with Gasteiger partial charge in [0.15, 0.2) is 0 Å². The average Bonchev–Trinajstić information content (AvgIpc) is 2.53. The molecule has 1 saturated heterocycles. The molecule has 6 heteroatoms. The summed E-state index contributed by atoms with van der Waals surface area (Å²) in [4.78, 5) is 26.3. The van der Waals surface area contributed by atoms with Crippen molar-refractivity contribution in [1.29, 1.82) is 0 Å². The van der Waals surface area contributed by atoms with Gasteiger partial charge < -0.3 is 20.3 Å². The normalized spacial score (nSPS) is 23.8. The number of para-hydroxylation sites is 1. The molecule has 0 saturated carbocycles. The van der Waals surface area contributed by atoms with Gasteiger partial charge in [0.2, 0.25) is 0 Å². The van der Waals surface area contributed by atoms with Gasteiger partial charge in [0.1, 0.15) is 11.8 Å². The van der Waals surface area contributed by atoms with Gasteiger partial charge in [-0.15, -0.1) is 0 Å². The van der Waals surface area contributed by atoms with E-state index in [1.165, 1.54) is 0 Å². The van der Waals surface area contributed by atoms with Gasteiger partial charge in [0.05, 0.1) is 5.56 Å². The molecule has 1 fully saturated rings. The second kappa shape index (κ2) is 6.34. The van der Waals surface area contributed by atoms with E-state index in [2.05, 4.69) is 10.6 Å². The van der Waals surface area contributed by atoms with E-state index in [0.717, 1.165) is 18.5 Å². The van der Waals surface area contributed by atoms with Gasteiger partial charge in [0.25, 0.3) is 5.91 Å². The zero-order chi connectivity index (χ0) is 17.3. The number of rotatable bonds is 1. The number of fused-ring (bicyclic) bond motifs is 1. The molecule has 1 aromatic carbocycles. The highest BCUT2D eigenvalue weighted by Gasteiger charge is 2.34. The minimum absolute atomic E-state index is 0.0660. The van der Waals surface area contributed by atoms with E-state index >= 15 is 0 Å². The number of piperidine rings is 1. The molecule has 0 radical (unpaired) electrons. The monoisotopic (exact) mass is 331 g/mol. The fourth-order valence-corrected chi connectivity index (χ4v) is 3.24. The number of ether oxygens (including phenoxy) is 1. The van der Waals surface area contributed by atoms with Gasteiger partial charge in [-0.3, -0.25) is 4.79 Å². The third-order valence-corrected chi connectivity index (χ3v) is 4.35. The molecule has 0 aromatic heterocycles. The maximum atomic E-state index is 12.3. The largest absolute Gasteiger partial charge is 0.444 e. The third kappa shape index (κ3) is 3.63. The third-order valence-electron chi connectivity index (χ3n) is 4.35. The van der Waals surface area contributed by atoms with Gasteiger partial charge in [-0.1, -0.05) is 12.1 Å². The van der Waals surface area contributed by atoms with Crippen LogP contribution in [0.1, 0.15) is 44.0 Å². The zero-order valence-corrected chi connectivity index (χ0v) is 14.5. The fraction of sp³-hybridized carbons (Fsp3) is 0.556. The maximum Gasteiger partial charge on any atom is 0.410 e. The summed E-state index contributed by atoms with van der Waals surface area (Å²) in [5, 5.41) is 6.42. The van der Waals surface area contributed by atoms with Crippen molar-refractivity contribution in [1.82, 2.24) is 10.2 Å². The van der Waals surface area contributed by atoms with Crippen molar-refractivity contribution in [2.75, 3.05) is 18.4 Å². The molecule has 1 aromatic rings. The molecule has 2 N–H and O–H groups in total. The number of carbonyl (C=O) groups is 2. The Kier molecular flexibility index (Phi) is 4.39. The number of anilines is 1. The van der Waals surface area contributed by atoms with Crippen molar-refractivity contribution in [2.24, 2.45) is 5.92 Å². The number of likely N-dealkylation sites (tertiary alicyclic amines) is 1. The second-order valence-corrected chi connectivity index (χ2v) is 7.47. The molecule has 2 heterocycles. The maximum absolute atomic E-state index is 12.3. The van der Waals surface area contributed by atoms with Crippen molar-refractivity contribution in [3.63, 3.8) is 0 Å². The Morgan fingerprint density at radius 3 is 2.75 bits per heavy atom. The molecule has 24 heavy (non-hydrogen) atoms. The van der Waals surface area contributed by atoms with Crippen LogP contribution < -0.4 is 10.6 Å². The molecule has 2 unspecified atom stereocenters. The van der Waals surface area contributed by atoms with Crippen molar-refractivity contribution >= 4 is 17.7 Å². The highest BCUT2D eigenvalue weighted by molar-refractivity contribution is 6.01. The van der Waals surface area contributed by atoms with Crippen LogP contribution in [0.4, 0.5) is 10.5 Å². The quantitative estimate of drug-likeness (QED) is 0.830. The summed E-state index contributed by atoms with van der Waals surface area (Å²) in [6.45, 7) is 6.88. The number of carbonyl (C=O) groups excluding carboxylic acids is 2. The van der Waals surface area contributed by atoms with Gasteiger partial charge in [-0.25, -0.2) is 4.79 Å². The minimum Gasteiger partial charge on any atom is -0.444 e. The molecule has 2 aliphatic heterocycles. The minimum atomic E-state index is -0.500. The Bertz CT molecular complexity index is 639. The molecular formula is C18H25N3O3. The SMILES string of the molecule is CC(C)(C)OC(=O)N1CCCC(C2NC(=O)c3ccccc3N2)C1. The molecule has 0 aliphatic carbocycles. The summed E-state index contributed by atoms with van der Waals surface area (Å²) in [6, 6.07) is 7.48. The molecule has 2 aliphatic rings. The standard InChI is InChI=1S/C18H25N3O3/c1-18(2,3)24-17(23)21-10-6-7-12(11-21)15-19-14-9-5-4-8-13(14)16(22)20-15/h4-5,8-9,12,15,19H,6-7,10-11H2,1-3H3,(H,20,22). The number of amides is 2. The number of benzene rings is 1. The summed E-state index contributed by atoms with van der Waals surface area (Å²) in [5.74, 6) is 0.0901. The van der Waals surface area contributed by atoms with E-state index in [9.17, 15) is 9.59 Å². The lowest BCUT2D eigenvalue weighted by Crippen LogP contribution is -2.54. The summed E-state index contributed by atoms with van der Waals surface area (Å²) in [7, 11) is 0. The highest BCUT2D eigenvalue weighted by Crippen LogP contribution is 2.27. The first-order chi connectivity index (χ1) is 11.3. The van der Waals surface area contributed by atoms with Crippen molar-refractivity contribution in [3.05, 3.63) is 29.8 Å². The van der Waals surface area contributed by atoms with Crippen LogP contribution in [0.25, 0.3) is 0 Å². The van der Waals surface area contributed by atoms with Gasteiger partial charge >= 0.3 is 6.09 Å². The Balaban J connectivity index is 1.68. The topological polar surface area (TPSA) is 70.7 Å². The molecule has 2 amide bonds. The predicted molar refractivity (Wildman–Crippen MR) is 91.8 cm³/mol. The van der Waals surface area contributed by atoms with E-state index in [0.29, 0.717) is 18.7 Å². The number of hydrogen-bond donors (Lipinski definition) is 2. The molecule has 2 atom stereocenters. The Hall–Kier alpha value is -2.24. The first-order valence-corrected chi connectivity index (χ1v) is 8.48. The first-order valence-electron chi connectivity index (χ1n) is 8.48. The van der Waals surface area contributed by atoms with Crippen molar-refractivity contribution < 1.29 is 14.3 Å². The van der Waals surface area contributed by atoms with Crippen LogP contribution in [0.3, 0.4) is 0 Å². The number of hydrogen-bond acceptors (Lipinski definition) is 4. The van der Waals surface area contributed by atoms with E-state index < -0.39 is 5.60 Å². The lowest BCUT2D eigenvalue weighted by Gasteiger charge is -2.39. The van der Waals surface area contributed by atoms with E-state index in [4.69, 9.17) is 4.74 Å². The van der Waals surface area contributed by atoms with Crippen LogP contribution in [0.2, 0.25) is 0 Å². The lowest BCUT2D eigenvalue weighted by atomic mass is 9.93. The Labute approximate surface area is 142 Å². The smallest absolute Gasteiger partial charge is 0.410 e. The van der Waals surface area contributed by atoms with E-state index in [-0.39, 0.29) is 24.1 Å². The summed E-state index contributed by atoms with van der Waals surface area (Å²) in [5.41, 5.74) is 1.01. The molecule has 6 nitrogen and oxygen atoms in total. The van der Waals surface area contributed by atoms with E-state index in [1.807, 2.05) is 45.0 Å². The molecule has 3 rings (SSSR count). The lowest BCUT2D eigenvalue weighted by molar-refractivity contribution is 0.0151. The average molecular weight is 331 g/mol. The van der Waals surface area contributed by atoms with E-state index in [1.54, 1.807) is 4.90 Å². The second-order valence-electron chi connectivity index (χ2n) is 7.47. The van der Waals surface area contributed by atoms with Crippen molar-refractivity contribution in [2.45, 2.75) is 45.4 Å². The Morgan fingerprint density at radius 1 is 1.25 bits per heavy atom. The molecule has 130 valence electrons. The Morgan fingerprint density at radius 2 is 2.00 bits per heavy atom. The van der Waals surface area contributed by atoms with Crippen molar-refractivity contribution in [3.8, 4) is 0 Å².